The quantitative estimate of drug-likeness (QED) is 0.793. The molecule has 1 atom stereocenters. The van der Waals surface area contributed by atoms with Crippen LogP contribution < -0.4 is 5.32 Å². The van der Waals surface area contributed by atoms with Gasteiger partial charge >= 0.3 is 0 Å². The summed E-state index contributed by atoms with van der Waals surface area (Å²) in [6, 6.07) is 12.9. The van der Waals surface area contributed by atoms with Crippen LogP contribution in [0.2, 0.25) is 0 Å². The van der Waals surface area contributed by atoms with E-state index in [-0.39, 0.29) is 5.91 Å². The number of benzene rings is 2. The lowest BCUT2D eigenvalue weighted by atomic mass is 10.1. The molecule has 4 heteroatoms. The van der Waals surface area contributed by atoms with Gasteiger partial charge in [0.25, 0.3) is 5.91 Å². The molecule has 20 heavy (non-hydrogen) atoms. The average Bonchev–Trinajstić information content (AvgIpc) is 2.42. The van der Waals surface area contributed by atoms with E-state index in [4.69, 9.17) is 0 Å². The van der Waals surface area contributed by atoms with E-state index in [0.29, 0.717) is 16.8 Å². The summed E-state index contributed by atoms with van der Waals surface area (Å²) in [5, 5.41) is 12.6. The third-order valence-electron chi connectivity index (χ3n) is 3.10. The van der Waals surface area contributed by atoms with Crippen LogP contribution in [0.1, 0.15) is 34.5 Å². The van der Waals surface area contributed by atoms with Crippen LogP contribution >= 0.6 is 22.6 Å². The molecule has 2 aromatic carbocycles. The third kappa shape index (κ3) is 3.19. The smallest absolute Gasteiger partial charge is 0.256 e. The Hall–Kier alpha value is -1.40. The SMILES string of the molecule is Cc1cccc(C(=O)Nc2ccccc2C(C)O)c1I. The summed E-state index contributed by atoms with van der Waals surface area (Å²) in [5.74, 6) is -0.161. The molecule has 1 unspecified atom stereocenters. The maximum absolute atomic E-state index is 12.4. The molecule has 1 amide bonds. The first-order valence-electron chi connectivity index (χ1n) is 6.34. The van der Waals surface area contributed by atoms with Crippen molar-refractivity contribution in [1.82, 2.24) is 0 Å². The second kappa shape index (κ2) is 6.37. The Labute approximate surface area is 132 Å². The minimum absolute atomic E-state index is 0.161. The zero-order valence-corrected chi connectivity index (χ0v) is 13.5. The standard InChI is InChI=1S/C16H16INO2/c1-10-6-5-8-13(15(10)17)16(20)18-14-9-4-3-7-12(14)11(2)19/h3-9,11,19H,1-2H3,(H,18,20). The van der Waals surface area contributed by atoms with Gasteiger partial charge in [0.1, 0.15) is 0 Å². The minimum atomic E-state index is -0.622. The predicted octanol–water partition coefficient (Wildman–Crippen LogP) is 3.91. The normalized spacial score (nSPS) is 12.0. The van der Waals surface area contributed by atoms with E-state index in [2.05, 4.69) is 27.9 Å². The summed E-state index contributed by atoms with van der Waals surface area (Å²) in [6.07, 6.45) is -0.622. The minimum Gasteiger partial charge on any atom is -0.389 e. The van der Waals surface area contributed by atoms with Gasteiger partial charge in [0, 0.05) is 14.8 Å². The lowest BCUT2D eigenvalue weighted by Gasteiger charge is -2.14. The molecule has 3 nitrogen and oxygen atoms in total. The van der Waals surface area contributed by atoms with Gasteiger partial charge in [0.15, 0.2) is 0 Å². The summed E-state index contributed by atoms with van der Waals surface area (Å²) in [4.78, 5) is 12.4. The molecule has 0 saturated heterocycles. The molecule has 0 aliphatic heterocycles. The molecular weight excluding hydrogens is 365 g/mol. The molecular formula is C16H16INO2. The first-order valence-corrected chi connectivity index (χ1v) is 7.42. The molecule has 2 N–H and O–H groups in total. The molecule has 0 fully saturated rings. The Balaban J connectivity index is 2.31. The molecule has 0 spiro atoms. The first-order chi connectivity index (χ1) is 9.50. The van der Waals surface area contributed by atoms with Crippen molar-refractivity contribution in [2.75, 3.05) is 5.32 Å². The van der Waals surface area contributed by atoms with Crippen LogP contribution in [-0.2, 0) is 0 Å². The monoisotopic (exact) mass is 381 g/mol. The molecule has 0 aliphatic rings. The van der Waals surface area contributed by atoms with Gasteiger partial charge in [-0.15, -0.1) is 0 Å². The topological polar surface area (TPSA) is 49.3 Å². The van der Waals surface area contributed by atoms with Crippen molar-refractivity contribution in [3.8, 4) is 0 Å². The van der Waals surface area contributed by atoms with E-state index in [1.54, 1.807) is 19.1 Å². The van der Waals surface area contributed by atoms with Gasteiger partial charge in [-0.1, -0.05) is 30.3 Å². The Morgan fingerprint density at radius 1 is 1.20 bits per heavy atom. The highest BCUT2D eigenvalue weighted by molar-refractivity contribution is 14.1. The van der Waals surface area contributed by atoms with Crippen LogP contribution in [0.3, 0.4) is 0 Å². The summed E-state index contributed by atoms with van der Waals surface area (Å²) < 4.78 is 0.942. The number of hydrogen-bond acceptors (Lipinski definition) is 2. The number of rotatable bonds is 3. The van der Waals surface area contributed by atoms with Crippen LogP contribution in [0.15, 0.2) is 42.5 Å². The Kier molecular flexibility index (Phi) is 4.77. The Bertz CT molecular complexity index is 638. The number of nitrogens with one attached hydrogen (secondary N) is 1. The number of para-hydroxylation sites is 1. The average molecular weight is 381 g/mol. The zero-order valence-electron chi connectivity index (χ0n) is 11.4. The molecule has 2 rings (SSSR count). The fourth-order valence-electron chi connectivity index (χ4n) is 1.99. The van der Waals surface area contributed by atoms with Crippen molar-refractivity contribution in [3.63, 3.8) is 0 Å². The van der Waals surface area contributed by atoms with Gasteiger partial charge in [0.05, 0.1) is 11.7 Å². The van der Waals surface area contributed by atoms with Crippen LogP contribution in [-0.4, -0.2) is 11.0 Å². The molecule has 104 valence electrons. The summed E-state index contributed by atoms with van der Waals surface area (Å²) >= 11 is 2.17. The number of aryl methyl sites for hydroxylation is 1. The number of anilines is 1. The van der Waals surface area contributed by atoms with E-state index in [1.165, 1.54) is 0 Å². The second-order valence-electron chi connectivity index (χ2n) is 4.65. The Morgan fingerprint density at radius 2 is 1.90 bits per heavy atom. The highest BCUT2D eigenvalue weighted by Crippen LogP contribution is 2.24. The van der Waals surface area contributed by atoms with Gasteiger partial charge in [0.2, 0.25) is 0 Å². The zero-order chi connectivity index (χ0) is 14.7. The lowest BCUT2D eigenvalue weighted by Crippen LogP contribution is -2.15. The third-order valence-corrected chi connectivity index (χ3v) is 4.53. The van der Waals surface area contributed by atoms with Crippen molar-refractivity contribution in [2.45, 2.75) is 20.0 Å². The number of hydrogen-bond donors (Lipinski definition) is 2. The number of amides is 1. The van der Waals surface area contributed by atoms with E-state index in [9.17, 15) is 9.90 Å². The molecule has 0 heterocycles. The van der Waals surface area contributed by atoms with Gasteiger partial charge in [-0.3, -0.25) is 4.79 Å². The van der Waals surface area contributed by atoms with Crippen molar-refractivity contribution in [1.29, 1.82) is 0 Å². The van der Waals surface area contributed by atoms with E-state index in [1.807, 2.05) is 37.3 Å². The number of carbonyl (C=O) groups is 1. The Morgan fingerprint density at radius 3 is 2.60 bits per heavy atom. The maximum Gasteiger partial charge on any atom is 0.256 e. The van der Waals surface area contributed by atoms with Gasteiger partial charge < -0.3 is 10.4 Å². The van der Waals surface area contributed by atoms with Crippen molar-refractivity contribution >= 4 is 34.2 Å². The fraction of sp³-hybridized carbons (Fsp3) is 0.188. The molecule has 0 saturated carbocycles. The largest absolute Gasteiger partial charge is 0.389 e. The van der Waals surface area contributed by atoms with Gasteiger partial charge in [-0.25, -0.2) is 0 Å². The molecule has 0 bridgehead atoms. The van der Waals surface area contributed by atoms with E-state index < -0.39 is 6.10 Å². The fourth-order valence-corrected chi connectivity index (χ4v) is 2.59. The van der Waals surface area contributed by atoms with Crippen LogP contribution in [0.5, 0.6) is 0 Å². The number of halogens is 1. The molecule has 0 aromatic heterocycles. The van der Waals surface area contributed by atoms with Gasteiger partial charge in [-0.05, 0) is 54.1 Å². The lowest BCUT2D eigenvalue weighted by molar-refractivity contribution is 0.102. The summed E-state index contributed by atoms with van der Waals surface area (Å²) in [6.45, 7) is 3.66. The van der Waals surface area contributed by atoms with E-state index in [0.717, 1.165) is 9.13 Å². The molecule has 0 aliphatic carbocycles. The van der Waals surface area contributed by atoms with Gasteiger partial charge in [-0.2, -0.15) is 0 Å². The first kappa shape index (κ1) is 15.0. The number of carbonyl (C=O) groups excluding carboxylic acids is 1. The van der Waals surface area contributed by atoms with Crippen molar-refractivity contribution in [2.24, 2.45) is 0 Å². The van der Waals surface area contributed by atoms with Crippen LogP contribution in [0.25, 0.3) is 0 Å². The van der Waals surface area contributed by atoms with E-state index >= 15 is 0 Å². The van der Waals surface area contributed by atoms with Crippen molar-refractivity contribution in [3.05, 3.63) is 62.7 Å². The number of aliphatic hydroxyl groups excluding tert-OH is 1. The molecule has 2 aromatic rings. The van der Waals surface area contributed by atoms with Crippen LogP contribution in [0.4, 0.5) is 5.69 Å². The molecule has 0 radical (unpaired) electrons. The van der Waals surface area contributed by atoms with Crippen molar-refractivity contribution < 1.29 is 9.90 Å². The van der Waals surface area contributed by atoms with Crippen LogP contribution in [0, 0.1) is 10.5 Å². The highest BCUT2D eigenvalue weighted by Gasteiger charge is 2.14. The maximum atomic E-state index is 12.4. The highest BCUT2D eigenvalue weighted by atomic mass is 127. The predicted molar refractivity (Wildman–Crippen MR) is 88.9 cm³/mol. The number of aliphatic hydroxyl groups is 1. The second-order valence-corrected chi connectivity index (χ2v) is 5.73. The summed E-state index contributed by atoms with van der Waals surface area (Å²) in [7, 11) is 0. The summed E-state index contributed by atoms with van der Waals surface area (Å²) in [5.41, 5.74) is 3.07.